The Morgan fingerprint density at radius 1 is 1.24 bits per heavy atom. The van der Waals surface area contributed by atoms with Crippen LogP contribution in [-0.2, 0) is 4.79 Å². The molecule has 2 saturated heterocycles. The third kappa shape index (κ3) is 2.96. The number of carbonyl (C=O) groups is 1. The molecule has 3 aromatic carbocycles. The van der Waals surface area contributed by atoms with Gasteiger partial charge in [-0.2, -0.15) is 4.37 Å². The van der Waals surface area contributed by atoms with Gasteiger partial charge in [-0.05, 0) is 58.6 Å². The SMILES string of the molecule is C=CC(=O)N1CC[C@H]2C1CN2c1snc2c(F)c(-c3cc(O)cc4ccccc34)c(Cl)cc12. The Morgan fingerprint density at radius 3 is 2.88 bits per heavy atom. The van der Waals surface area contributed by atoms with Gasteiger partial charge in [0, 0.05) is 24.0 Å². The van der Waals surface area contributed by atoms with Crippen LogP contribution in [0.5, 0.6) is 5.75 Å². The van der Waals surface area contributed by atoms with Crippen LogP contribution in [0.1, 0.15) is 6.42 Å². The Hall–Kier alpha value is -3.16. The second kappa shape index (κ2) is 7.43. The van der Waals surface area contributed by atoms with E-state index in [0.717, 1.165) is 22.2 Å². The summed E-state index contributed by atoms with van der Waals surface area (Å²) < 4.78 is 20.3. The Bertz CT molecular complexity index is 1470. The van der Waals surface area contributed by atoms with Gasteiger partial charge in [-0.1, -0.05) is 42.4 Å². The number of aromatic nitrogens is 1. The molecule has 166 valence electrons. The number of phenols is 1. The first-order chi connectivity index (χ1) is 16.0. The number of nitrogens with zero attached hydrogens (tertiary/aromatic N) is 3. The highest BCUT2D eigenvalue weighted by atomic mass is 35.5. The zero-order valence-electron chi connectivity index (χ0n) is 17.5. The molecule has 5 nitrogen and oxygen atoms in total. The van der Waals surface area contributed by atoms with Crippen molar-refractivity contribution in [3.8, 4) is 16.9 Å². The minimum Gasteiger partial charge on any atom is -0.508 e. The van der Waals surface area contributed by atoms with Crippen LogP contribution < -0.4 is 4.90 Å². The maximum absolute atomic E-state index is 15.9. The molecule has 6 rings (SSSR count). The number of fused-ring (bicyclic) bond motifs is 3. The van der Waals surface area contributed by atoms with Gasteiger partial charge in [-0.25, -0.2) is 4.39 Å². The second-order valence-electron chi connectivity index (χ2n) is 8.46. The largest absolute Gasteiger partial charge is 0.508 e. The van der Waals surface area contributed by atoms with Crippen molar-refractivity contribution in [3.63, 3.8) is 0 Å². The van der Waals surface area contributed by atoms with Crippen molar-refractivity contribution in [3.05, 3.63) is 66.0 Å². The van der Waals surface area contributed by atoms with Crippen LogP contribution in [0.2, 0.25) is 5.02 Å². The van der Waals surface area contributed by atoms with Crippen molar-refractivity contribution in [2.45, 2.75) is 18.5 Å². The van der Waals surface area contributed by atoms with Gasteiger partial charge < -0.3 is 14.9 Å². The Balaban J connectivity index is 1.44. The number of benzene rings is 3. The molecule has 2 aliphatic rings. The second-order valence-corrected chi connectivity index (χ2v) is 9.62. The molecule has 8 heteroatoms. The molecule has 2 fully saturated rings. The van der Waals surface area contributed by atoms with E-state index in [4.69, 9.17) is 11.6 Å². The molecule has 0 saturated carbocycles. The van der Waals surface area contributed by atoms with Gasteiger partial charge in [-0.3, -0.25) is 4.79 Å². The Labute approximate surface area is 198 Å². The first-order valence-electron chi connectivity index (χ1n) is 10.7. The average molecular weight is 480 g/mol. The zero-order chi connectivity index (χ0) is 22.9. The number of halogens is 2. The highest BCUT2D eigenvalue weighted by Crippen LogP contribution is 2.46. The van der Waals surface area contributed by atoms with Gasteiger partial charge in [0.25, 0.3) is 0 Å². The summed E-state index contributed by atoms with van der Waals surface area (Å²) in [4.78, 5) is 16.1. The quantitative estimate of drug-likeness (QED) is 0.389. The van der Waals surface area contributed by atoms with E-state index in [2.05, 4.69) is 15.9 Å². The van der Waals surface area contributed by atoms with Crippen molar-refractivity contribution in [1.82, 2.24) is 9.27 Å². The average Bonchev–Trinajstić information content (AvgIpc) is 3.34. The minimum absolute atomic E-state index is 0.0460. The number of carbonyl (C=O) groups excluding carboxylic acids is 1. The molecule has 4 aromatic rings. The third-order valence-electron chi connectivity index (χ3n) is 6.78. The molecule has 1 amide bonds. The molecule has 0 spiro atoms. The summed E-state index contributed by atoms with van der Waals surface area (Å²) in [5, 5.41) is 13.6. The topological polar surface area (TPSA) is 56.7 Å². The summed E-state index contributed by atoms with van der Waals surface area (Å²) in [6.45, 7) is 4.96. The van der Waals surface area contributed by atoms with Crippen molar-refractivity contribution < 1.29 is 14.3 Å². The van der Waals surface area contributed by atoms with E-state index in [1.165, 1.54) is 23.7 Å². The van der Waals surface area contributed by atoms with Gasteiger partial charge in [0.15, 0.2) is 5.82 Å². The van der Waals surface area contributed by atoms with E-state index in [-0.39, 0.29) is 39.8 Å². The number of hydrogen-bond donors (Lipinski definition) is 1. The molecule has 2 atom stereocenters. The summed E-state index contributed by atoms with van der Waals surface area (Å²) in [5.74, 6) is -0.499. The van der Waals surface area contributed by atoms with E-state index >= 15 is 4.39 Å². The molecule has 33 heavy (non-hydrogen) atoms. The first kappa shape index (κ1) is 20.4. The summed E-state index contributed by atoms with van der Waals surface area (Å²) in [7, 11) is 0. The summed E-state index contributed by atoms with van der Waals surface area (Å²) >= 11 is 7.91. The van der Waals surface area contributed by atoms with E-state index in [1.54, 1.807) is 12.1 Å². The van der Waals surface area contributed by atoms with Crippen molar-refractivity contribution in [2.75, 3.05) is 18.0 Å². The Kier molecular flexibility index (Phi) is 4.61. The standard InChI is InChI=1S/C25H19ClFN3O2S/c1-2-21(32)29-8-7-19-20(29)12-30(19)25-17-11-18(26)22(23(27)24(17)28-33-25)16-10-14(31)9-13-5-3-4-6-15(13)16/h2-6,9-11,19-20,31H,1,7-8,12H2/t19-,20?/m0/s1. The molecule has 3 heterocycles. The fourth-order valence-electron chi connectivity index (χ4n) is 5.20. The lowest BCUT2D eigenvalue weighted by Crippen LogP contribution is -2.62. The lowest BCUT2D eigenvalue weighted by atomic mass is 9.95. The number of anilines is 1. The van der Waals surface area contributed by atoms with Crippen molar-refractivity contribution >= 4 is 55.7 Å². The third-order valence-corrected chi connectivity index (χ3v) is 7.97. The molecule has 0 aliphatic carbocycles. The lowest BCUT2D eigenvalue weighted by molar-refractivity contribution is -0.127. The predicted molar refractivity (Wildman–Crippen MR) is 131 cm³/mol. The molecule has 1 aromatic heterocycles. The maximum atomic E-state index is 15.9. The molecule has 0 radical (unpaired) electrons. The molecule has 2 aliphatic heterocycles. The molecular weight excluding hydrogens is 461 g/mol. The normalized spacial score (nSPS) is 19.7. The molecule has 0 bridgehead atoms. The number of likely N-dealkylation sites (tertiary alicyclic amines) is 1. The minimum atomic E-state index is -0.497. The number of hydrogen-bond acceptors (Lipinski definition) is 5. The van der Waals surface area contributed by atoms with E-state index < -0.39 is 5.82 Å². The van der Waals surface area contributed by atoms with E-state index in [0.29, 0.717) is 24.0 Å². The summed E-state index contributed by atoms with van der Waals surface area (Å²) in [5.41, 5.74) is 1.03. The highest BCUT2D eigenvalue weighted by Gasteiger charge is 2.49. The fraction of sp³-hybridized carbons (Fsp3) is 0.200. The predicted octanol–water partition coefficient (Wildman–Crippen LogP) is 5.59. The number of amides is 1. The molecule has 1 N–H and O–H groups in total. The van der Waals surface area contributed by atoms with Crippen LogP contribution in [0.25, 0.3) is 32.8 Å². The fourth-order valence-corrected chi connectivity index (χ4v) is 6.42. The monoisotopic (exact) mass is 479 g/mol. The van der Waals surface area contributed by atoms with E-state index in [1.807, 2.05) is 29.2 Å². The number of phenolic OH excluding ortho intramolecular Hbond substituents is 1. The van der Waals surface area contributed by atoms with E-state index in [9.17, 15) is 9.90 Å². The number of rotatable bonds is 3. The number of aromatic hydroxyl groups is 1. The first-order valence-corrected chi connectivity index (χ1v) is 11.8. The van der Waals surface area contributed by atoms with Crippen LogP contribution in [0.4, 0.5) is 9.39 Å². The summed E-state index contributed by atoms with van der Waals surface area (Å²) in [6, 6.07) is 12.8. The van der Waals surface area contributed by atoms with Gasteiger partial charge in [0.05, 0.1) is 17.1 Å². The van der Waals surface area contributed by atoms with Crippen LogP contribution in [-0.4, -0.2) is 45.5 Å². The molecule has 1 unspecified atom stereocenters. The maximum Gasteiger partial charge on any atom is 0.246 e. The van der Waals surface area contributed by atoms with Crippen LogP contribution in [0.15, 0.2) is 55.1 Å². The van der Waals surface area contributed by atoms with Gasteiger partial charge in [-0.15, -0.1) is 0 Å². The van der Waals surface area contributed by atoms with Crippen LogP contribution >= 0.6 is 23.1 Å². The van der Waals surface area contributed by atoms with Crippen molar-refractivity contribution in [2.24, 2.45) is 0 Å². The molecular formula is C25H19ClFN3O2S. The van der Waals surface area contributed by atoms with Crippen LogP contribution in [0, 0.1) is 5.82 Å². The van der Waals surface area contributed by atoms with Crippen LogP contribution in [0.3, 0.4) is 0 Å². The van der Waals surface area contributed by atoms with Crippen molar-refractivity contribution in [1.29, 1.82) is 0 Å². The smallest absolute Gasteiger partial charge is 0.246 e. The Morgan fingerprint density at radius 2 is 2.06 bits per heavy atom. The van der Waals surface area contributed by atoms with Gasteiger partial charge in [0.2, 0.25) is 5.91 Å². The highest BCUT2D eigenvalue weighted by molar-refractivity contribution is 7.12. The summed E-state index contributed by atoms with van der Waals surface area (Å²) in [6.07, 6.45) is 2.21. The van der Waals surface area contributed by atoms with Gasteiger partial charge in [0.1, 0.15) is 16.3 Å². The van der Waals surface area contributed by atoms with Gasteiger partial charge >= 0.3 is 0 Å². The zero-order valence-corrected chi connectivity index (χ0v) is 19.0. The lowest BCUT2D eigenvalue weighted by Gasteiger charge is -2.47.